The van der Waals surface area contributed by atoms with Gasteiger partial charge in [0.25, 0.3) is 11.6 Å². The zero-order valence-electron chi connectivity index (χ0n) is 15.9. The number of hydrogen-bond donors (Lipinski definition) is 1. The highest BCUT2D eigenvalue weighted by molar-refractivity contribution is 5.99. The molecule has 0 radical (unpaired) electrons. The molecule has 11 heteroatoms. The predicted octanol–water partition coefficient (Wildman–Crippen LogP) is 4.53. The third-order valence-corrected chi connectivity index (χ3v) is 4.15. The van der Waals surface area contributed by atoms with E-state index >= 15 is 0 Å². The maximum Gasteiger partial charge on any atom is 0.387 e. The Morgan fingerprint density at radius 1 is 1.16 bits per heavy atom. The minimum atomic E-state index is -3.23. The minimum absolute atomic E-state index is 0.116. The van der Waals surface area contributed by atoms with Gasteiger partial charge in [0, 0.05) is 11.6 Å². The molecule has 3 aromatic rings. The van der Waals surface area contributed by atoms with Crippen LogP contribution < -0.4 is 14.8 Å². The maximum atomic E-state index is 13.0. The second-order valence-corrected chi connectivity index (χ2v) is 6.11. The number of carbonyl (C=O) groups excluding carboxylic acids is 1. The number of hydrogen-bond acceptors (Lipinski definition) is 6. The Morgan fingerprint density at radius 2 is 1.87 bits per heavy atom. The molecule has 0 aliphatic carbocycles. The van der Waals surface area contributed by atoms with E-state index in [1.807, 2.05) is 0 Å². The molecule has 162 valence electrons. The number of nitro groups is 1. The molecule has 0 saturated heterocycles. The summed E-state index contributed by atoms with van der Waals surface area (Å²) in [6, 6.07) is 10.4. The molecule has 0 aliphatic rings. The van der Waals surface area contributed by atoms with Gasteiger partial charge in [-0.05, 0) is 36.4 Å². The van der Waals surface area contributed by atoms with Gasteiger partial charge in [0.15, 0.2) is 11.5 Å². The first-order valence-corrected chi connectivity index (χ1v) is 8.72. The molecule has 1 amide bonds. The second kappa shape index (κ2) is 9.20. The number of furan rings is 1. The summed E-state index contributed by atoms with van der Waals surface area (Å²) >= 11 is 0. The molecule has 0 unspecified atom stereocenters. The molecule has 0 fully saturated rings. The van der Waals surface area contributed by atoms with E-state index in [1.54, 1.807) is 12.1 Å². The summed E-state index contributed by atoms with van der Waals surface area (Å²) in [5, 5.41) is 13.8. The van der Waals surface area contributed by atoms with Gasteiger partial charge in [0.2, 0.25) is 0 Å². The van der Waals surface area contributed by atoms with Crippen molar-refractivity contribution in [1.82, 2.24) is 5.32 Å². The fourth-order valence-corrected chi connectivity index (χ4v) is 2.73. The molecule has 1 heterocycles. The molecule has 1 aromatic heterocycles. The van der Waals surface area contributed by atoms with Crippen molar-refractivity contribution in [2.75, 3.05) is 7.11 Å². The molecule has 0 atom stereocenters. The van der Waals surface area contributed by atoms with Crippen LogP contribution in [0.25, 0.3) is 11.3 Å². The van der Waals surface area contributed by atoms with E-state index in [1.165, 1.54) is 24.3 Å². The molecule has 2 aromatic carbocycles. The summed E-state index contributed by atoms with van der Waals surface area (Å²) in [5.74, 6) is -1.33. The van der Waals surface area contributed by atoms with Crippen LogP contribution in [0.15, 0.2) is 52.9 Å². The monoisotopic (exact) mass is 436 g/mol. The standard InChI is InChI=1S/C20H15F3N2O6/c1-29-17-8-14(15(25(27)28)9-18(17)31-20(22)23)19(26)24-10-13-6-7-16(30-13)11-2-4-12(21)5-3-11/h2-9,20H,10H2,1H3,(H,24,26). The van der Waals surface area contributed by atoms with E-state index in [0.717, 1.165) is 13.2 Å². The van der Waals surface area contributed by atoms with Crippen LogP contribution in [0.4, 0.5) is 18.9 Å². The quantitative estimate of drug-likeness (QED) is 0.411. The van der Waals surface area contributed by atoms with E-state index < -0.39 is 40.3 Å². The van der Waals surface area contributed by atoms with Crippen LogP contribution >= 0.6 is 0 Å². The van der Waals surface area contributed by atoms with Gasteiger partial charge in [-0.25, -0.2) is 4.39 Å². The van der Waals surface area contributed by atoms with E-state index in [0.29, 0.717) is 23.2 Å². The average Bonchev–Trinajstić information content (AvgIpc) is 3.20. The van der Waals surface area contributed by atoms with Crippen molar-refractivity contribution >= 4 is 11.6 Å². The third-order valence-electron chi connectivity index (χ3n) is 4.15. The number of carbonyl (C=O) groups is 1. The number of alkyl halides is 2. The van der Waals surface area contributed by atoms with Gasteiger partial charge in [0.1, 0.15) is 22.9 Å². The van der Waals surface area contributed by atoms with Gasteiger partial charge in [0.05, 0.1) is 24.6 Å². The molecule has 0 saturated carbocycles. The van der Waals surface area contributed by atoms with Crippen molar-refractivity contribution in [2.24, 2.45) is 0 Å². The van der Waals surface area contributed by atoms with Crippen molar-refractivity contribution in [2.45, 2.75) is 13.2 Å². The van der Waals surface area contributed by atoms with E-state index in [2.05, 4.69) is 10.1 Å². The van der Waals surface area contributed by atoms with Gasteiger partial charge in [-0.15, -0.1) is 0 Å². The van der Waals surface area contributed by atoms with Crippen LogP contribution in [0, 0.1) is 15.9 Å². The summed E-state index contributed by atoms with van der Waals surface area (Å²) < 4.78 is 52.8. The highest BCUT2D eigenvalue weighted by atomic mass is 19.3. The van der Waals surface area contributed by atoms with Gasteiger partial charge in [-0.1, -0.05) is 0 Å². The summed E-state index contributed by atoms with van der Waals surface area (Å²) in [6.45, 7) is -3.35. The van der Waals surface area contributed by atoms with Crippen molar-refractivity contribution in [3.63, 3.8) is 0 Å². The molecule has 3 rings (SSSR count). The number of benzene rings is 2. The lowest BCUT2D eigenvalue weighted by molar-refractivity contribution is -0.385. The number of rotatable bonds is 8. The van der Waals surface area contributed by atoms with E-state index in [9.17, 15) is 28.1 Å². The molecule has 0 spiro atoms. The highest BCUT2D eigenvalue weighted by Gasteiger charge is 2.26. The summed E-state index contributed by atoms with van der Waals surface area (Å²) in [7, 11) is 1.14. The normalized spacial score (nSPS) is 10.7. The number of amides is 1. The predicted molar refractivity (Wildman–Crippen MR) is 102 cm³/mol. The number of nitrogens with one attached hydrogen (secondary N) is 1. The van der Waals surface area contributed by atoms with Crippen LogP contribution in [0.5, 0.6) is 11.5 Å². The van der Waals surface area contributed by atoms with Crippen molar-refractivity contribution in [1.29, 1.82) is 0 Å². The highest BCUT2D eigenvalue weighted by Crippen LogP contribution is 2.35. The topological polar surface area (TPSA) is 104 Å². The largest absolute Gasteiger partial charge is 0.493 e. The summed E-state index contributed by atoms with van der Waals surface area (Å²) in [4.78, 5) is 22.9. The Labute approximate surface area is 173 Å². The molecule has 0 bridgehead atoms. The van der Waals surface area contributed by atoms with Crippen LogP contribution in [-0.2, 0) is 6.54 Å². The fraction of sp³-hybridized carbons (Fsp3) is 0.150. The Kier molecular flexibility index (Phi) is 6.43. The Morgan fingerprint density at radius 3 is 2.48 bits per heavy atom. The second-order valence-electron chi connectivity index (χ2n) is 6.11. The molecule has 31 heavy (non-hydrogen) atoms. The zero-order chi connectivity index (χ0) is 22.5. The fourth-order valence-electron chi connectivity index (χ4n) is 2.73. The number of halogens is 3. The minimum Gasteiger partial charge on any atom is -0.493 e. The smallest absolute Gasteiger partial charge is 0.387 e. The van der Waals surface area contributed by atoms with Gasteiger partial charge in [-0.2, -0.15) is 8.78 Å². The SMILES string of the molecule is COc1cc(C(=O)NCc2ccc(-c3ccc(F)cc3)o2)c([N+](=O)[O-])cc1OC(F)F. The van der Waals surface area contributed by atoms with E-state index in [-0.39, 0.29) is 12.3 Å². The first-order chi connectivity index (χ1) is 14.8. The Hall–Kier alpha value is -4.02. The molecule has 1 N–H and O–H groups in total. The third kappa shape index (κ3) is 5.13. The zero-order valence-corrected chi connectivity index (χ0v) is 15.9. The van der Waals surface area contributed by atoms with Crippen molar-refractivity contribution < 1.29 is 36.8 Å². The van der Waals surface area contributed by atoms with E-state index in [4.69, 9.17) is 9.15 Å². The maximum absolute atomic E-state index is 13.0. The molecular formula is C20H15F3N2O6. The van der Waals surface area contributed by atoms with Gasteiger partial charge >= 0.3 is 6.61 Å². The number of nitro benzene ring substituents is 1. The van der Waals surface area contributed by atoms with Crippen LogP contribution in [-0.4, -0.2) is 24.6 Å². The summed E-state index contributed by atoms with van der Waals surface area (Å²) in [5.41, 5.74) is -0.525. The number of ether oxygens (including phenoxy) is 2. The lowest BCUT2D eigenvalue weighted by atomic mass is 10.1. The Bertz CT molecular complexity index is 1100. The Balaban J connectivity index is 1.78. The summed E-state index contributed by atoms with van der Waals surface area (Å²) in [6.07, 6.45) is 0. The number of nitrogens with zero attached hydrogens (tertiary/aromatic N) is 1. The van der Waals surface area contributed by atoms with Crippen LogP contribution in [0.3, 0.4) is 0 Å². The molecule has 8 nitrogen and oxygen atoms in total. The van der Waals surface area contributed by atoms with Crippen LogP contribution in [0.2, 0.25) is 0 Å². The first-order valence-electron chi connectivity index (χ1n) is 8.72. The van der Waals surface area contributed by atoms with Gasteiger partial charge < -0.3 is 19.2 Å². The van der Waals surface area contributed by atoms with Crippen LogP contribution in [0.1, 0.15) is 16.1 Å². The lowest BCUT2D eigenvalue weighted by Gasteiger charge is -2.12. The molecular weight excluding hydrogens is 421 g/mol. The average molecular weight is 436 g/mol. The van der Waals surface area contributed by atoms with Gasteiger partial charge in [-0.3, -0.25) is 14.9 Å². The number of methoxy groups -OCH3 is 1. The molecule has 0 aliphatic heterocycles. The first kappa shape index (κ1) is 21.7. The van der Waals surface area contributed by atoms with Crippen molar-refractivity contribution in [3.05, 3.63) is 75.8 Å². The van der Waals surface area contributed by atoms with Crippen molar-refractivity contribution in [3.8, 4) is 22.8 Å². The lowest BCUT2D eigenvalue weighted by Crippen LogP contribution is -2.23.